The van der Waals surface area contributed by atoms with Gasteiger partial charge >= 0.3 is 0 Å². The summed E-state index contributed by atoms with van der Waals surface area (Å²) in [7, 11) is 2.51. The number of sulfonamides is 1. The quantitative estimate of drug-likeness (QED) is 0.458. The molecular formula is C25H31N3O6S. The number of fused-ring (bicyclic) bond motifs is 1. The summed E-state index contributed by atoms with van der Waals surface area (Å²) in [5.74, 6) is 1.61. The predicted octanol–water partition coefficient (Wildman–Crippen LogP) is 3.58. The Kier molecular flexibility index (Phi) is 7.07. The Balaban J connectivity index is 1.69. The molecule has 1 atom stereocenters. The Labute approximate surface area is 205 Å². The Morgan fingerprint density at radius 2 is 1.71 bits per heavy atom. The van der Waals surface area contributed by atoms with Crippen LogP contribution in [-0.2, 0) is 10.0 Å². The zero-order chi connectivity index (χ0) is 25.3. The van der Waals surface area contributed by atoms with E-state index in [0.717, 1.165) is 11.3 Å². The zero-order valence-corrected chi connectivity index (χ0v) is 21.3. The van der Waals surface area contributed by atoms with Gasteiger partial charge in [-0.1, -0.05) is 0 Å². The molecule has 1 aliphatic carbocycles. The molecule has 0 aliphatic heterocycles. The van der Waals surface area contributed by atoms with E-state index in [0.29, 0.717) is 40.9 Å². The summed E-state index contributed by atoms with van der Waals surface area (Å²) < 4.78 is 44.5. The van der Waals surface area contributed by atoms with E-state index in [4.69, 9.17) is 14.2 Å². The molecule has 0 bridgehead atoms. The molecule has 35 heavy (non-hydrogen) atoms. The smallest absolute Gasteiger partial charge is 0.243 e. The van der Waals surface area contributed by atoms with E-state index in [9.17, 15) is 13.5 Å². The molecule has 0 saturated heterocycles. The van der Waals surface area contributed by atoms with Gasteiger partial charge in [-0.15, -0.1) is 0 Å². The van der Waals surface area contributed by atoms with Crippen LogP contribution < -0.4 is 19.5 Å². The summed E-state index contributed by atoms with van der Waals surface area (Å²) >= 11 is 0. The highest BCUT2D eigenvalue weighted by atomic mass is 32.2. The van der Waals surface area contributed by atoms with Gasteiger partial charge in [-0.2, -0.15) is 4.31 Å². The first-order valence-corrected chi connectivity index (χ1v) is 12.7. The average Bonchev–Trinajstić information content (AvgIpc) is 2.85. The highest BCUT2D eigenvalue weighted by molar-refractivity contribution is 7.89. The van der Waals surface area contributed by atoms with Crippen LogP contribution >= 0.6 is 0 Å². The number of rotatable bonds is 9. The molecule has 1 aliphatic rings. The van der Waals surface area contributed by atoms with Crippen molar-refractivity contribution in [2.24, 2.45) is 0 Å². The molecule has 1 aromatic heterocycles. The molecule has 1 unspecified atom stereocenters. The first-order valence-electron chi connectivity index (χ1n) is 11.3. The fourth-order valence-corrected chi connectivity index (χ4v) is 5.96. The predicted molar refractivity (Wildman–Crippen MR) is 134 cm³/mol. The van der Waals surface area contributed by atoms with Gasteiger partial charge < -0.3 is 24.6 Å². The van der Waals surface area contributed by atoms with Crippen molar-refractivity contribution < 1.29 is 27.7 Å². The molecule has 0 spiro atoms. The maximum atomic E-state index is 13.4. The molecular weight excluding hydrogens is 470 g/mol. The maximum Gasteiger partial charge on any atom is 0.243 e. The molecule has 0 radical (unpaired) electrons. The average molecular weight is 502 g/mol. The largest absolute Gasteiger partial charge is 0.493 e. The molecule has 1 fully saturated rings. The lowest BCUT2D eigenvalue weighted by atomic mass is 9.90. The van der Waals surface area contributed by atoms with Crippen molar-refractivity contribution in [3.63, 3.8) is 0 Å². The first kappa shape index (κ1) is 25.0. The van der Waals surface area contributed by atoms with Gasteiger partial charge in [0, 0.05) is 48.0 Å². The molecule has 3 aromatic rings. The number of aliphatic hydroxyl groups excluding tert-OH is 1. The van der Waals surface area contributed by atoms with Crippen LogP contribution in [0.2, 0.25) is 0 Å². The van der Waals surface area contributed by atoms with Crippen LogP contribution in [-0.4, -0.2) is 63.3 Å². The summed E-state index contributed by atoms with van der Waals surface area (Å²) in [6.45, 7) is 1.99. The molecule has 10 heteroatoms. The number of hydrogen-bond acceptors (Lipinski definition) is 8. The van der Waals surface area contributed by atoms with Crippen molar-refractivity contribution in [3.05, 3.63) is 48.3 Å². The Morgan fingerprint density at radius 3 is 2.29 bits per heavy atom. The van der Waals surface area contributed by atoms with E-state index in [2.05, 4.69) is 10.3 Å². The fourth-order valence-electron chi connectivity index (χ4n) is 4.39. The summed E-state index contributed by atoms with van der Waals surface area (Å²) in [5.41, 5.74) is 1.64. The minimum absolute atomic E-state index is 0.172. The van der Waals surface area contributed by atoms with Gasteiger partial charge in [-0.05, 0) is 55.7 Å². The minimum atomic E-state index is -3.75. The van der Waals surface area contributed by atoms with Gasteiger partial charge in [0.1, 0.15) is 0 Å². The number of aliphatic hydroxyl groups is 1. The van der Waals surface area contributed by atoms with Gasteiger partial charge in [0.05, 0.1) is 32.3 Å². The summed E-state index contributed by atoms with van der Waals surface area (Å²) in [6.07, 6.45) is 3.69. The summed E-state index contributed by atoms with van der Waals surface area (Å²) in [6, 6.07) is 8.46. The number of nitrogens with zero attached hydrogens (tertiary/aromatic N) is 2. The van der Waals surface area contributed by atoms with Crippen molar-refractivity contribution in [1.29, 1.82) is 0 Å². The van der Waals surface area contributed by atoms with Crippen molar-refractivity contribution in [2.75, 3.05) is 33.7 Å². The summed E-state index contributed by atoms with van der Waals surface area (Å²) in [4.78, 5) is 4.45. The Bertz CT molecular complexity index is 1300. The van der Waals surface area contributed by atoms with Crippen LogP contribution in [0, 0.1) is 0 Å². The first-order chi connectivity index (χ1) is 16.7. The van der Waals surface area contributed by atoms with Crippen molar-refractivity contribution in [1.82, 2.24) is 9.29 Å². The molecule has 4 rings (SSSR count). The van der Waals surface area contributed by atoms with E-state index in [1.165, 1.54) is 4.31 Å². The highest BCUT2D eigenvalue weighted by Gasteiger charge is 2.37. The van der Waals surface area contributed by atoms with Crippen LogP contribution in [0.25, 0.3) is 10.8 Å². The second-order valence-electron chi connectivity index (χ2n) is 8.66. The Hall–Kier alpha value is -3.08. The number of pyridine rings is 1. The number of ether oxygens (including phenoxy) is 3. The third-order valence-electron chi connectivity index (χ3n) is 6.60. The number of anilines is 1. The van der Waals surface area contributed by atoms with Crippen LogP contribution in [0.3, 0.4) is 0 Å². The third kappa shape index (κ3) is 4.61. The standard InChI is InChI=1S/C25H31N3O6S/c1-15(16-10-22(32-3)25(34-5)23(11-16)33-4)27-21-6-7-24(19-8-9-26-14-20(19)21)35(30,31)28(2)17-12-18(29)13-17/h6-11,14-15,17-18,27,29H,12-13H2,1-5H3. The van der Waals surface area contributed by atoms with Gasteiger partial charge in [-0.25, -0.2) is 8.42 Å². The molecule has 2 aromatic carbocycles. The molecule has 1 heterocycles. The summed E-state index contributed by atoms with van der Waals surface area (Å²) in [5, 5.41) is 14.4. The van der Waals surface area contributed by atoms with Gasteiger partial charge in [0.2, 0.25) is 15.8 Å². The van der Waals surface area contributed by atoms with E-state index in [1.807, 2.05) is 19.1 Å². The van der Waals surface area contributed by atoms with Crippen LogP contribution in [0.5, 0.6) is 17.2 Å². The Morgan fingerprint density at radius 1 is 1.06 bits per heavy atom. The molecule has 0 amide bonds. The third-order valence-corrected chi connectivity index (χ3v) is 8.56. The van der Waals surface area contributed by atoms with E-state index >= 15 is 0 Å². The fraction of sp³-hybridized carbons (Fsp3) is 0.400. The van der Waals surface area contributed by atoms with Crippen molar-refractivity contribution in [2.45, 2.75) is 42.8 Å². The normalized spacial score (nSPS) is 18.7. The number of nitrogens with one attached hydrogen (secondary N) is 1. The van der Waals surface area contributed by atoms with Gasteiger partial charge in [0.25, 0.3) is 0 Å². The minimum Gasteiger partial charge on any atom is -0.493 e. The number of methoxy groups -OCH3 is 3. The van der Waals surface area contributed by atoms with Crippen molar-refractivity contribution in [3.8, 4) is 17.2 Å². The second kappa shape index (κ2) is 9.88. The molecule has 188 valence electrons. The molecule has 1 saturated carbocycles. The van der Waals surface area contributed by atoms with Crippen molar-refractivity contribution >= 4 is 26.5 Å². The maximum absolute atomic E-state index is 13.4. The van der Waals surface area contributed by atoms with E-state index in [1.54, 1.807) is 59.0 Å². The molecule has 9 nitrogen and oxygen atoms in total. The van der Waals surface area contributed by atoms with Gasteiger partial charge in [-0.3, -0.25) is 4.98 Å². The van der Waals surface area contributed by atoms with Crippen LogP contribution in [0.1, 0.15) is 31.4 Å². The van der Waals surface area contributed by atoms with E-state index < -0.39 is 16.1 Å². The number of aromatic nitrogens is 1. The van der Waals surface area contributed by atoms with Crippen LogP contribution in [0.15, 0.2) is 47.6 Å². The van der Waals surface area contributed by atoms with E-state index in [-0.39, 0.29) is 17.0 Å². The lowest BCUT2D eigenvalue weighted by Gasteiger charge is -2.37. The number of hydrogen-bond donors (Lipinski definition) is 2. The monoisotopic (exact) mass is 501 g/mol. The van der Waals surface area contributed by atoms with Gasteiger partial charge in [0.15, 0.2) is 11.5 Å². The van der Waals surface area contributed by atoms with Crippen LogP contribution in [0.4, 0.5) is 5.69 Å². The topological polar surface area (TPSA) is 110 Å². The SMILES string of the molecule is COc1cc(C(C)Nc2ccc(S(=O)(=O)N(C)C3CC(O)C3)c3ccncc23)cc(OC)c1OC. The second-order valence-corrected chi connectivity index (χ2v) is 10.6. The lowest BCUT2D eigenvalue weighted by Crippen LogP contribution is -2.47. The lowest BCUT2D eigenvalue weighted by molar-refractivity contribution is 0.0396. The zero-order valence-electron chi connectivity index (χ0n) is 20.5. The number of benzene rings is 2. The molecule has 2 N–H and O–H groups in total. The highest BCUT2D eigenvalue weighted by Crippen LogP contribution is 2.41.